The highest BCUT2D eigenvalue weighted by Gasteiger charge is 2.45. The first-order chi connectivity index (χ1) is 18.4. The molecular formula is C41H86. The van der Waals surface area contributed by atoms with Gasteiger partial charge >= 0.3 is 0 Å². The van der Waals surface area contributed by atoms with Crippen molar-refractivity contribution in [2.24, 2.45) is 69.0 Å². The van der Waals surface area contributed by atoms with Crippen LogP contribution in [0.2, 0.25) is 0 Å². The van der Waals surface area contributed by atoms with Crippen molar-refractivity contribution in [3.05, 3.63) is 0 Å². The fourth-order valence-electron chi connectivity index (χ4n) is 7.03. The van der Waals surface area contributed by atoms with E-state index in [2.05, 4.69) is 138 Å². The SMILES string of the molecule is CC(C)CC(C)(C)C(C)C.CC(C)CC(C)(C)C(C)C.CC(C)CC1(C(C)C)CC1.CC(C)CC1(C(C)C)CCC1. The van der Waals surface area contributed by atoms with Gasteiger partial charge in [0.1, 0.15) is 0 Å². The third kappa shape index (κ3) is 17.8. The van der Waals surface area contributed by atoms with Crippen molar-refractivity contribution < 1.29 is 0 Å². The Hall–Kier alpha value is 0. The lowest BCUT2D eigenvalue weighted by Gasteiger charge is -2.47. The Kier molecular flexibility index (Phi) is 19.7. The summed E-state index contributed by atoms with van der Waals surface area (Å²) in [5, 5.41) is 0. The normalized spacial score (nSPS) is 17.9. The van der Waals surface area contributed by atoms with Gasteiger partial charge in [0.15, 0.2) is 0 Å². The van der Waals surface area contributed by atoms with Crippen molar-refractivity contribution in [2.75, 3.05) is 0 Å². The molecular weight excluding hydrogens is 492 g/mol. The maximum Gasteiger partial charge on any atom is -0.0272 e. The highest BCUT2D eigenvalue weighted by atomic mass is 14.5. The third-order valence-corrected chi connectivity index (χ3v) is 11.3. The summed E-state index contributed by atoms with van der Waals surface area (Å²) < 4.78 is 0. The maximum absolute atomic E-state index is 2.39. The molecule has 2 rings (SSSR count). The minimum absolute atomic E-state index is 0.522. The van der Waals surface area contributed by atoms with Crippen molar-refractivity contribution in [1.29, 1.82) is 0 Å². The first kappa shape index (κ1) is 43.1. The summed E-state index contributed by atoms with van der Waals surface area (Å²) >= 11 is 0. The largest absolute Gasteiger partial charge is 0.0628 e. The lowest BCUT2D eigenvalue weighted by atomic mass is 9.59. The van der Waals surface area contributed by atoms with Crippen molar-refractivity contribution in [2.45, 2.75) is 196 Å². The van der Waals surface area contributed by atoms with Crippen molar-refractivity contribution in [3.8, 4) is 0 Å². The molecule has 2 aliphatic carbocycles. The van der Waals surface area contributed by atoms with Gasteiger partial charge in [-0.25, -0.2) is 0 Å². The van der Waals surface area contributed by atoms with Gasteiger partial charge in [-0.05, 0) is 120 Å². The van der Waals surface area contributed by atoms with Crippen LogP contribution in [0.25, 0.3) is 0 Å². The van der Waals surface area contributed by atoms with E-state index in [1.807, 2.05) is 0 Å². The first-order valence-electron chi connectivity index (χ1n) is 18.4. The van der Waals surface area contributed by atoms with E-state index >= 15 is 0 Å². The lowest BCUT2D eigenvalue weighted by molar-refractivity contribution is 0.0424. The molecule has 0 amide bonds. The minimum atomic E-state index is 0.522. The Morgan fingerprint density at radius 3 is 0.756 bits per heavy atom. The van der Waals surface area contributed by atoms with E-state index in [-0.39, 0.29) is 0 Å². The molecule has 0 heteroatoms. The van der Waals surface area contributed by atoms with Gasteiger partial charge in [-0.15, -0.1) is 0 Å². The molecule has 2 fully saturated rings. The third-order valence-electron chi connectivity index (χ3n) is 11.3. The fraction of sp³-hybridized carbons (Fsp3) is 1.00. The molecule has 2 saturated carbocycles. The molecule has 0 saturated heterocycles. The van der Waals surface area contributed by atoms with Crippen molar-refractivity contribution in [3.63, 3.8) is 0 Å². The van der Waals surface area contributed by atoms with Crippen LogP contribution in [-0.2, 0) is 0 Å². The summed E-state index contributed by atoms with van der Waals surface area (Å²) in [5.41, 5.74) is 2.56. The van der Waals surface area contributed by atoms with Gasteiger partial charge in [-0.1, -0.05) is 145 Å². The molecule has 0 nitrogen and oxygen atoms in total. The molecule has 0 aromatic rings. The van der Waals surface area contributed by atoms with Gasteiger partial charge in [-0.2, -0.15) is 0 Å². The Morgan fingerprint density at radius 2 is 0.683 bits per heavy atom. The van der Waals surface area contributed by atoms with Gasteiger partial charge in [0.05, 0.1) is 0 Å². The van der Waals surface area contributed by atoms with Gasteiger partial charge in [0.25, 0.3) is 0 Å². The molecule has 0 radical (unpaired) electrons. The smallest absolute Gasteiger partial charge is 0.0272 e. The molecule has 0 atom stereocenters. The first-order valence-corrected chi connectivity index (χ1v) is 18.4. The molecule has 2 aliphatic rings. The average Bonchev–Trinajstić information content (AvgIpc) is 3.50. The van der Waals surface area contributed by atoms with E-state index in [1.54, 1.807) is 0 Å². The Bertz CT molecular complexity index is 581. The number of hydrogen-bond acceptors (Lipinski definition) is 0. The van der Waals surface area contributed by atoms with Crippen LogP contribution in [-0.4, -0.2) is 0 Å². The molecule has 250 valence electrons. The van der Waals surface area contributed by atoms with Crippen LogP contribution in [0.1, 0.15) is 196 Å². The summed E-state index contributed by atoms with van der Waals surface area (Å²) in [4.78, 5) is 0. The fourth-order valence-corrected chi connectivity index (χ4v) is 7.03. The molecule has 0 aromatic carbocycles. The highest BCUT2D eigenvalue weighted by Crippen LogP contribution is 2.56. The molecule has 0 N–H and O–H groups in total. The summed E-state index contributed by atoms with van der Waals surface area (Å²) in [6.45, 7) is 46.7. The monoisotopic (exact) mass is 579 g/mol. The summed E-state index contributed by atoms with van der Waals surface area (Å²) in [7, 11) is 0. The van der Waals surface area contributed by atoms with Crippen LogP contribution in [0.5, 0.6) is 0 Å². The maximum atomic E-state index is 2.39. The van der Waals surface area contributed by atoms with E-state index in [0.717, 1.165) is 58.2 Å². The minimum Gasteiger partial charge on any atom is -0.0628 e. The van der Waals surface area contributed by atoms with Crippen LogP contribution in [0, 0.1) is 69.0 Å². The van der Waals surface area contributed by atoms with Crippen molar-refractivity contribution in [1.82, 2.24) is 0 Å². The van der Waals surface area contributed by atoms with E-state index in [9.17, 15) is 0 Å². The molecule has 0 aromatic heterocycles. The van der Waals surface area contributed by atoms with Gasteiger partial charge < -0.3 is 0 Å². The van der Waals surface area contributed by atoms with Gasteiger partial charge in [0, 0.05) is 0 Å². The Labute approximate surface area is 264 Å². The van der Waals surface area contributed by atoms with E-state index < -0.39 is 0 Å². The molecule has 41 heavy (non-hydrogen) atoms. The van der Waals surface area contributed by atoms with Crippen LogP contribution in [0.4, 0.5) is 0 Å². The molecule has 0 heterocycles. The van der Waals surface area contributed by atoms with Crippen molar-refractivity contribution >= 4 is 0 Å². The predicted molar refractivity (Wildman–Crippen MR) is 193 cm³/mol. The summed E-state index contributed by atoms with van der Waals surface area (Å²) in [5.74, 6) is 6.86. The Morgan fingerprint density at radius 1 is 0.415 bits per heavy atom. The zero-order chi connectivity index (χ0) is 33.0. The van der Waals surface area contributed by atoms with E-state index in [4.69, 9.17) is 0 Å². The second kappa shape index (κ2) is 18.7. The lowest BCUT2D eigenvalue weighted by Crippen LogP contribution is -2.36. The van der Waals surface area contributed by atoms with Crippen LogP contribution >= 0.6 is 0 Å². The second-order valence-electron chi connectivity index (χ2n) is 19.1. The zero-order valence-corrected chi connectivity index (χ0v) is 33.0. The molecule has 0 unspecified atom stereocenters. The van der Waals surface area contributed by atoms with Crippen LogP contribution in [0.15, 0.2) is 0 Å². The number of rotatable bonds is 12. The van der Waals surface area contributed by atoms with Crippen LogP contribution < -0.4 is 0 Å². The average molecular weight is 579 g/mol. The van der Waals surface area contributed by atoms with Crippen LogP contribution in [0.3, 0.4) is 0 Å². The zero-order valence-electron chi connectivity index (χ0n) is 33.0. The quantitative estimate of drug-likeness (QED) is 0.216. The van der Waals surface area contributed by atoms with E-state index in [1.165, 1.54) is 57.8 Å². The number of hydrogen-bond donors (Lipinski definition) is 0. The highest BCUT2D eigenvalue weighted by molar-refractivity contribution is 4.95. The van der Waals surface area contributed by atoms with E-state index in [0.29, 0.717) is 10.8 Å². The summed E-state index contributed by atoms with van der Waals surface area (Å²) in [6.07, 6.45) is 13.0. The Balaban J connectivity index is 0. The summed E-state index contributed by atoms with van der Waals surface area (Å²) in [6, 6.07) is 0. The van der Waals surface area contributed by atoms with Gasteiger partial charge in [0.2, 0.25) is 0 Å². The molecule has 0 bridgehead atoms. The van der Waals surface area contributed by atoms with Gasteiger partial charge in [-0.3, -0.25) is 0 Å². The topological polar surface area (TPSA) is 0 Å². The standard InChI is InChI=1S/C11H22.C10H20.2C10H22/c1-9(2)8-11(10(3)4)6-5-7-11;1-8(2)7-10(5-6-10)9(3)4;2*1-8(2)7-10(5,6)9(3)4/h9-10H,5-8H2,1-4H3;8-9H,5-7H2,1-4H3;2*8-9H,7H2,1-6H3. The predicted octanol–water partition coefficient (Wildman–Crippen LogP) is 14.8. The second-order valence-corrected chi connectivity index (χ2v) is 19.1. The molecule has 0 aliphatic heterocycles. The molecule has 0 spiro atoms.